The zero-order valence-corrected chi connectivity index (χ0v) is 14.1. The number of hydrogen-bond acceptors (Lipinski definition) is 3. The van der Waals surface area contributed by atoms with Gasteiger partial charge < -0.3 is 5.32 Å². The molecule has 0 heterocycles. The molecule has 5 nitrogen and oxygen atoms in total. The molecule has 0 aromatic heterocycles. The van der Waals surface area contributed by atoms with Crippen LogP contribution in [-0.2, 0) is 0 Å². The standard InChI is InChI=1S/C14H10Br2N2O3/c1-8-3-2-4-10(13(8)18(20)21)14(19)17-12-6-5-9(15)7-11(12)16/h2-7H,1H3,(H,17,19). The van der Waals surface area contributed by atoms with Gasteiger partial charge in [-0.3, -0.25) is 14.9 Å². The van der Waals surface area contributed by atoms with Crippen molar-refractivity contribution in [3.63, 3.8) is 0 Å². The molecule has 0 atom stereocenters. The number of aryl methyl sites for hydroxylation is 1. The Morgan fingerprint density at radius 1 is 1.24 bits per heavy atom. The topological polar surface area (TPSA) is 72.2 Å². The van der Waals surface area contributed by atoms with Gasteiger partial charge >= 0.3 is 0 Å². The highest BCUT2D eigenvalue weighted by Crippen LogP contribution is 2.28. The number of carbonyl (C=O) groups excluding carboxylic acids is 1. The van der Waals surface area contributed by atoms with E-state index in [9.17, 15) is 14.9 Å². The van der Waals surface area contributed by atoms with Gasteiger partial charge in [-0.2, -0.15) is 0 Å². The molecule has 0 spiro atoms. The molecule has 0 aliphatic rings. The van der Waals surface area contributed by atoms with Crippen LogP contribution in [0.15, 0.2) is 45.3 Å². The Labute approximate surface area is 137 Å². The van der Waals surface area contributed by atoms with E-state index in [-0.39, 0.29) is 11.3 Å². The lowest BCUT2D eigenvalue weighted by Gasteiger charge is -2.09. The second-order valence-electron chi connectivity index (χ2n) is 4.31. The van der Waals surface area contributed by atoms with Gasteiger partial charge in [0.25, 0.3) is 11.6 Å². The van der Waals surface area contributed by atoms with E-state index >= 15 is 0 Å². The van der Waals surface area contributed by atoms with Crippen molar-refractivity contribution in [1.82, 2.24) is 0 Å². The van der Waals surface area contributed by atoms with Crippen LogP contribution in [0.25, 0.3) is 0 Å². The molecule has 2 rings (SSSR count). The predicted octanol–water partition coefficient (Wildman–Crippen LogP) is 4.68. The number of anilines is 1. The second kappa shape index (κ2) is 6.36. The fourth-order valence-corrected chi connectivity index (χ4v) is 3.01. The summed E-state index contributed by atoms with van der Waals surface area (Å²) in [5, 5.41) is 13.8. The quantitative estimate of drug-likeness (QED) is 0.586. The van der Waals surface area contributed by atoms with Crippen LogP contribution in [0.1, 0.15) is 15.9 Å². The second-order valence-corrected chi connectivity index (χ2v) is 6.08. The Balaban J connectivity index is 2.37. The normalized spacial score (nSPS) is 10.2. The highest BCUT2D eigenvalue weighted by atomic mass is 79.9. The number of nitrogens with one attached hydrogen (secondary N) is 1. The summed E-state index contributed by atoms with van der Waals surface area (Å²) < 4.78 is 1.54. The van der Waals surface area contributed by atoms with Crippen LogP contribution in [0.2, 0.25) is 0 Å². The highest BCUT2D eigenvalue weighted by molar-refractivity contribution is 9.11. The highest BCUT2D eigenvalue weighted by Gasteiger charge is 2.22. The average molecular weight is 414 g/mol. The molecule has 21 heavy (non-hydrogen) atoms. The molecule has 108 valence electrons. The summed E-state index contributed by atoms with van der Waals surface area (Å²) in [5.74, 6) is -0.520. The Kier molecular flexibility index (Phi) is 4.74. The average Bonchev–Trinajstić information content (AvgIpc) is 2.41. The monoisotopic (exact) mass is 412 g/mol. The maximum atomic E-state index is 12.3. The third-order valence-electron chi connectivity index (χ3n) is 2.84. The lowest BCUT2D eigenvalue weighted by molar-refractivity contribution is -0.385. The minimum absolute atomic E-state index is 0.0369. The van der Waals surface area contributed by atoms with E-state index < -0.39 is 10.8 Å². The van der Waals surface area contributed by atoms with E-state index in [2.05, 4.69) is 37.2 Å². The van der Waals surface area contributed by atoms with Gasteiger partial charge in [-0.05, 0) is 47.1 Å². The lowest BCUT2D eigenvalue weighted by atomic mass is 10.1. The van der Waals surface area contributed by atoms with Gasteiger partial charge in [0.2, 0.25) is 0 Å². The molecule has 7 heteroatoms. The first-order chi connectivity index (χ1) is 9.90. The number of rotatable bonds is 3. The van der Waals surface area contributed by atoms with Crippen molar-refractivity contribution in [3.05, 3.63) is 66.6 Å². The number of nitrogens with zero attached hydrogens (tertiary/aromatic N) is 1. The van der Waals surface area contributed by atoms with Crippen LogP contribution in [-0.4, -0.2) is 10.8 Å². The molecule has 1 N–H and O–H groups in total. The number of carbonyl (C=O) groups is 1. The van der Waals surface area contributed by atoms with Gasteiger partial charge in [0.05, 0.1) is 10.6 Å². The van der Waals surface area contributed by atoms with Gasteiger partial charge in [0.15, 0.2) is 0 Å². The number of halogens is 2. The molecule has 0 saturated heterocycles. The molecule has 0 unspecified atom stereocenters. The van der Waals surface area contributed by atoms with Crippen LogP contribution in [0, 0.1) is 17.0 Å². The summed E-state index contributed by atoms with van der Waals surface area (Å²) in [4.78, 5) is 22.9. The fraction of sp³-hybridized carbons (Fsp3) is 0.0714. The van der Waals surface area contributed by atoms with Crippen molar-refractivity contribution in [2.45, 2.75) is 6.92 Å². The van der Waals surface area contributed by atoms with E-state index in [1.54, 1.807) is 37.3 Å². The molecule has 0 aliphatic carbocycles. The summed E-state index contributed by atoms with van der Waals surface area (Å²) >= 11 is 6.65. The largest absolute Gasteiger partial charge is 0.321 e. The number of nitro benzene ring substituents is 1. The minimum Gasteiger partial charge on any atom is -0.321 e. The molecule has 2 aromatic rings. The van der Waals surface area contributed by atoms with E-state index in [1.807, 2.05) is 0 Å². The lowest BCUT2D eigenvalue weighted by Crippen LogP contribution is -2.14. The van der Waals surface area contributed by atoms with Crippen LogP contribution < -0.4 is 5.32 Å². The Morgan fingerprint density at radius 2 is 1.95 bits per heavy atom. The number of nitro groups is 1. The molecule has 0 bridgehead atoms. The summed E-state index contributed by atoms with van der Waals surface area (Å²) in [7, 11) is 0. The van der Waals surface area contributed by atoms with Gasteiger partial charge in [0.1, 0.15) is 5.56 Å². The first-order valence-electron chi connectivity index (χ1n) is 5.90. The summed E-state index contributed by atoms with van der Waals surface area (Å²) in [6.07, 6.45) is 0. The Morgan fingerprint density at radius 3 is 2.57 bits per heavy atom. The van der Waals surface area contributed by atoms with E-state index in [1.165, 1.54) is 6.07 Å². The van der Waals surface area contributed by atoms with Gasteiger partial charge in [-0.15, -0.1) is 0 Å². The number of hydrogen-bond donors (Lipinski definition) is 1. The van der Waals surface area contributed by atoms with Crippen LogP contribution >= 0.6 is 31.9 Å². The molecule has 0 radical (unpaired) electrons. The number of para-hydroxylation sites is 1. The van der Waals surface area contributed by atoms with Gasteiger partial charge in [-0.25, -0.2) is 0 Å². The Bertz CT molecular complexity index is 732. The summed E-state index contributed by atoms with van der Waals surface area (Å²) in [6, 6.07) is 9.91. The smallest absolute Gasteiger partial charge is 0.285 e. The van der Waals surface area contributed by atoms with Crippen LogP contribution in [0.3, 0.4) is 0 Å². The van der Waals surface area contributed by atoms with Gasteiger partial charge in [0, 0.05) is 14.5 Å². The van der Waals surface area contributed by atoms with Crippen molar-refractivity contribution >= 4 is 49.1 Å². The molecule has 0 fully saturated rings. The van der Waals surface area contributed by atoms with Crippen molar-refractivity contribution in [3.8, 4) is 0 Å². The van der Waals surface area contributed by atoms with E-state index in [0.29, 0.717) is 15.7 Å². The van der Waals surface area contributed by atoms with Crippen molar-refractivity contribution in [1.29, 1.82) is 0 Å². The maximum Gasteiger partial charge on any atom is 0.285 e. The van der Waals surface area contributed by atoms with Crippen molar-refractivity contribution < 1.29 is 9.72 Å². The molecular formula is C14H10Br2N2O3. The van der Waals surface area contributed by atoms with Gasteiger partial charge in [-0.1, -0.05) is 28.1 Å². The SMILES string of the molecule is Cc1cccc(C(=O)Nc2ccc(Br)cc2Br)c1[N+](=O)[O-]. The molecular weight excluding hydrogens is 404 g/mol. The van der Waals surface area contributed by atoms with Crippen LogP contribution in [0.4, 0.5) is 11.4 Å². The third-order valence-corrected chi connectivity index (χ3v) is 3.99. The molecule has 0 saturated carbocycles. The molecule has 2 aromatic carbocycles. The van der Waals surface area contributed by atoms with Crippen molar-refractivity contribution in [2.75, 3.05) is 5.32 Å². The number of benzene rings is 2. The van der Waals surface area contributed by atoms with E-state index in [0.717, 1.165) is 4.47 Å². The zero-order chi connectivity index (χ0) is 15.6. The van der Waals surface area contributed by atoms with Crippen LogP contribution in [0.5, 0.6) is 0 Å². The van der Waals surface area contributed by atoms with Crippen molar-refractivity contribution in [2.24, 2.45) is 0 Å². The summed E-state index contributed by atoms with van der Waals surface area (Å²) in [5.41, 5.74) is 0.847. The summed E-state index contributed by atoms with van der Waals surface area (Å²) in [6.45, 7) is 1.60. The predicted molar refractivity (Wildman–Crippen MR) is 87.6 cm³/mol. The fourth-order valence-electron chi connectivity index (χ4n) is 1.87. The Hall–Kier alpha value is -1.73. The first-order valence-corrected chi connectivity index (χ1v) is 7.49. The molecule has 0 aliphatic heterocycles. The number of amides is 1. The maximum absolute atomic E-state index is 12.3. The minimum atomic E-state index is -0.541. The third kappa shape index (κ3) is 3.48. The zero-order valence-electron chi connectivity index (χ0n) is 10.9. The molecule has 1 amide bonds. The van der Waals surface area contributed by atoms with E-state index in [4.69, 9.17) is 0 Å². The first kappa shape index (κ1) is 15.7.